The second kappa shape index (κ2) is 2.62. The molecule has 1 aliphatic rings. The third-order valence-corrected chi connectivity index (χ3v) is 1.59. The second-order valence-corrected chi connectivity index (χ2v) is 2.31. The van der Waals surface area contributed by atoms with Gasteiger partial charge >= 0.3 is 0 Å². The SMILES string of the molecule is CC1=C(C)CC=NC=C1. The van der Waals surface area contributed by atoms with Crippen LogP contribution in [0, 0.1) is 0 Å². The van der Waals surface area contributed by atoms with E-state index in [1.165, 1.54) is 11.1 Å². The minimum absolute atomic E-state index is 0.999. The molecule has 1 nitrogen and oxygen atoms in total. The third-order valence-electron chi connectivity index (χ3n) is 1.59. The van der Waals surface area contributed by atoms with Crippen molar-refractivity contribution >= 4 is 6.21 Å². The first-order valence-electron chi connectivity index (χ1n) is 3.15. The first-order valence-corrected chi connectivity index (χ1v) is 3.15. The largest absolute Gasteiger partial charge is 0.269 e. The van der Waals surface area contributed by atoms with Crippen LogP contribution in [0.4, 0.5) is 0 Å². The van der Waals surface area contributed by atoms with Crippen LogP contribution in [-0.4, -0.2) is 6.21 Å². The van der Waals surface area contributed by atoms with E-state index < -0.39 is 0 Å². The van der Waals surface area contributed by atoms with E-state index in [0.29, 0.717) is 0 Å². The summed E-state index contributed by atoms with van der Waals surface area (Å²) in [7, 11) is 0. The van der Waals surface area contributed by atoms with Gasteiger partial charge in [0.05, 0.1) is 0 Å². The van der Waals surface area contributed by atoms with Crippen LogP contribution >= 0.6 is 0 Å². The Balaban J connectivity index is 2.85. The summed E-state index contributed by atoms with van der Waals surface area (Å²) < 4.78 is 0. The predicted molar refractivity (Wildman–Crippen MR) is 40.6 cm³/mol. The standard InChI is InChI=1S/C8H11N/c1-7-3-5-9-6-4-8(7)2/h3,5-6H,4H2,1-2H3. The zero-order chi connectivity index (χ0) is 6.69. The van der Waals surface area contributed by atoms with Crippen molar-refractivity contribution in [3.05, 3.63) is 23.4 Å². The van der Waals surface area contributed by atoms with Crippen LogP contribution in [0.5, 0.6) is 0 Å². The van der Waals surface area contributed by atoms with E-state index in [9.17, 15) is 0 Å². The Morgan fingerprint density at radius 3 is 3.00 bits per heavy atom. The Morgan fingerprint density at radius 2 is 2.22 bits per heavy atom. The fourth-order valence-electron chi connectivity index (χ4n) is 0.709. The summed E-state index contributed by atoms with van der Waals surface area (Å²) in [5.74, 6) is 0. The van der Waals surface area contributed by atoms with Crippen LogP contribution in [0.2, 0.25) is 0 Å². The number of nitrogens with zero attached hydrogens (tertiary/aromatic N) is 1. The Morgan fingerprint density at radius 1 is 1.44 bits per heavy atom. The van der Waals surface area contributed by atoms with Crippen LogP contribution in [0.1, 0.15) is 20.3 Å². The van der Waals surface area contributed by atoms with Crippen molar-refractivity contribution < 1.29 is 0 Å². The van der Waals surface area contributed by atoms with Crippen molar-refractivity contribution in [2.45, 2.75) is 20.3 Å². The molecule has 1 aliphatic heterocycles. The molecule has 1 rings (SSSR count). The Kier molecular flexibility index (Phi) is 1.83. The molecule has 0 fully saturated rings. The maximum Gasteiger partial charge on any atom is 0.0266 e. The summed E-state index contributed by atoms with van der Waals surface area (Å²) in [6.07, 6.45) is 6.81. The highest BCUT2D eigenvalue weighted by Crippen LogP contribution is 2.09. The molecule has 0 bridgehead atoms. The highest BCUT2D eigenvalue weighted by atomic mass is 14.7. The average Bonchev–Trinajstić information content (AvgIpc) is 1.99. The summed E-state index contributed by atoms with van der Waals surface area (Å²) in [6.45, 7) is 4.25. The van der Waals surface area contributed by atoms with E-state index in [1.54, 1.807) is 0 Å². The van der Waals surface area contributed by atoms with Gasteiger partial charge in [-0.25, -0.2) is 0 Å². The molecule has 0 atom stereocenters. The molecule has 9 heavy (non-hydrogen) atoms. The van der Waals surface area contributed by atoms with Gasteiger partial charge in [-0.3, -0.25) is 4.99 Å². The number of aliphatic imine (C=N–C) groups is 1. The molecule has 1 heteroatoms. The minimum atomic E-state index is 0.999. The lowest BCUT2D eigenvalue weighted by molar-refractivity contribution is 1.23. The normalized spacial score (nSPS) is 18.4. The minimum Gasteiger partial charge on any atom is -0.269 e. The predicted octanol–water partition coefficient (Wildman–Crippen LogP) is 2.31. The van der Waals surface area contributed by atoms with Gasteiger partial charge in [-0.05, 0) is 19.9 Å². The van der Waals surface area contributed by atoms with Crippen LogP contribution in [-0.2, 0) is 0 Å². The van der Waals surface area contributed by atoms with Gasteiger partial charge in [-0.2, -0.15) is 0 Å². The second-order valence-electron chi connectivity index (χ2n) is 2.31. The fraction of sp³-hybridized carbons (Fsp3) is 0.375. The molecule has 0 aromatic carbocycles. The van der Waals surface area contributed by atoms with Gasteiger partial charge in [0.2, 0.25) is 0 Å². The zero-order valence-electron chi connectivity index (χ0n) is 5.89. The Hall–Kier alpha value is -0.850. The lowest BCUT2D eigenvalue weighted by Crippen LogP contribution is -1.79. The first kappa shape index (κ1) is 6.27. The first-order chi connectivity index (χ1) is 4.30. The van der Waals surface area contributed by atoms with E-state index in [-0.39, 0.29) is 0 Å². The van der Waals surface area contributed by atoms with Gasteiger partial charge in [-0.15, -0.1) is 0 Å². The Labute approximate surface area is 55.8 Å². The molecule has 0 saturated carbocycles. The van der Waals surface area contributed by atoms with Crippen molar-refractivity contribution in [3.63, 3.8) is 0 Å². The van der Waals surface area contributed by atoms with Gasteiger partial charge in [0, 0.05) is 18.8 Å². The lowest BCUT2D eigenvalue weighted by Gasteiger charge is -1.94. The molecule has 0 N–H and O–H groups in total. The topological polar surface area (TPSA) is 12.4 Å². The van der Waals surface area contributed by atoms with Crippen molar-refractivity contribution in [2.75, 3.05) is 0 Å². The molecule has 0 spiro atoms. The van der Waals surface area contributed by atoms with E-state index in [2.05, 4.69) is 18.8 Å². The molecule has 48 valence electrons. The van der Waals surface area contributed by atoms with E-state index in [4.69, 9.17) is 0 Å². The van der Waals surface area contributed by atoms with Gasteiger partial charge in [0.1, 0.15) is 0 Å². The highest BCUT2D eigenvalue weighted by Gasteiger charge is 1.92. The monoisotopic (exact) mass is 121 g/mol. The molecule has 0 saturated heterocycles. The van der Waals surface area contributed by atoms with Gasteiger partial charge in [0.15, 0.2) is 0 Å². The molecular weight excluding hydrogens is 110 g/mol. The van der Waals surface area contributed by atoms with Crippen molar-refractivity contribution in [3.8, 4) is 0 Å². The van der Waals surface area contributed by atoms with E-state index >= 15 is 0 Å². The molecule has 0 amide bonds. The van der Waals surface area contributed by atoms with Crippen LogP contribution in [0.15, 0.2) is 28.4 Å². The summed E-state index contributed by atoms with van der Waals surface area (Å²) in [6, 6.07) is 0. The molecular formula is C8H11N. The quantitative estimate of drug-likeness (QED) is 0.466. The maximum atomic E-state index is 4.02. The highest BCUT2D eigenvalue weighted by molar-refractivity contribution is 5.63. The summed E-state index contributed by atoms with van der Waals surface area (Å²) >= 11 is 0. The summed E-state index contributed by atoms with van der Waals surface area (Å²) in [5.41, 5.74) is 2.75. The fourth-order valence-corrected chi connectivity index (χ4v) is 0.709. The van der Waals surface area contributed by atoms with Crippen LogP contribution in [0.25, 0.3) is 0 Å². The Bertz CT molecular complexity index is 185. The summed E-state index contributed by atoms with van der Waals surface area (Å²) in [5, 5.41) is 0. The van der Waals surface area contributed by atoms with Gasteiger partial charge in [-0.1, -0.05) is 11.1 Å². The maximum absolute atomic E-state index is 4.02. The number of rotatable bonds is 0. The third kappa shape index (κ3) is 1.53. The zero-order valence-corrected chi connectivity index (χ0v) is 5.89. The van der Waals surface area contributed by atoms with Crippen LogP contribution < -0.4 is 0 Å². The van der Waals surface area contributed by atoms with Crippen molar-refractivity contribution in [1.29, 1.82) is 0 Å². The van der Waals surface area contributed by atoms with E-state index in [1.807, 2.05) is 18.5 Å². The average molecular weight is 121 g/mol. The number of hydrogen-bond donors (Lipinski definition) is 0. The summed E-state index contributed by atoms with van der Waals surface area (Å²) in [4.78, 5) is 4.02. The number of hydrogen-bond acceptors (Lipinski definition) is 1. The van der Waals surface area contributed by atoms with E-state index in [0.717, 1.165) is 6.42 Å². The van der Waals surface area contributed by atoms with Crippen molar-refractivity contribution in [1.82, 2.24) is 0 Å². The number of allylic oxidation sites excluding steroid dienone is 3. The van der Waals surface area contributed by atoms with Crippen LogP contribution in [0.3, 0.4) is 0 Å². The molecule has 0 aromatic rings. The van der Waals surface area contributed by atoms with Crippen molar-refractivity contribution in [2.24, 2.45) is 4.99 Å². The van der Waals surface area contributed by atoms with Gasteiger partial charge < -0.3 is 0 Å². The molecule has 1 heterocycles. The smallest absolute Gasteiger partial charge is 0.0266 e. The molecule has 0 unspecified atom stereocenters. The molecule has 0 aromatic heterocycles. The molecule has 0 radical (unpaired) electrons. The molecule has 0 aliphatic carbocycles. The van der Waals surface area contributed by atoms with Gasteiger partial charge in [0.25, 0.3) is 0 Å². The lowest BCUT2D eigenvalue weighted by atomic mass is 10.1.